The molecular formula is C18H17N3. The maximum Gasteiger partial charge on any atom is 0.101 e. The topological polar surface area (TPSA) is 59.6 Å². The molecule has 2 aromatic rings. The molecule has 0 bridgehead atoms. The van der Waals surface area contributed by atoms with Crippen LogP contribution in [-0.2, 0) is 0 Å². The zero-order valence-electron chi connectivity index (χ0n) is 12.0. The van der Waals surface area contributed by atoms with Crippen LogP contribution in [-0.4, -0.2) is 0 Å². The van der Waals surface area contributed by atoms with Crippen LogP contribution >= 0.6 is 0 Å². The second-order valence-corrected chi connectivity index (χ2v) is 4.88. The summed E-state index contributed by atoms with van der Waals surface area (Å²) < 4.78 is 0. The van der Waals surface area contributed by atoms with E-state index in [2.05, 4.69) is 30.4 Å². The van der Waals surface area contributed by atoms with Crippen LogP contribution < -0.4 is 5.32 Å². The van der Waals surface area contributed by atoms with E-state index in [0.717, 1.165) is 18.5 Å². The molecule has 1 N–H and O–H groups in total. The summed E-state index contributed by atoms with van der Waals surface area (Å²) in [6, 6.07) is 19.8. The minimum atomic E-state index is 0.204. The van der Waals surface area contributed by atoms with Crippen LogP contribution in [0.15, 0.2) is 48.5 Å². The molecule has 2 aromatic carbocycles. The van der Waals surface area contributed by atoms with Gasteiger partial charge in [0.05, 0.1) is 17.2 Å². The van der Waals surface area contributed by atoms with Crippen molar-refractivity contribution in [1.82, 2.24) is 0 Å². The van der Waals surface area contributed by atoms with E-state index in [4.69, 9.17) is 10.5 Å². The number of hydrogen-bond donors (Lipinski definition) is 1. The van der Waals surface area contributed by atoms with E-state index in [9.17, 15) is 0 Å². The van der Waals surface area contributed by atoms with E-state index >= 15 is 0 Å². The Kier molecular flexibility index (Phi) is 4.96. The van der Waals surface area contributed by atoms with Crippen LogP contribution in [0.25, 0.3) is 0 Å². The van der Waals surface area contributed by atoms with Gasteiger partial charge >= 0.3 is 0 Å². The zero-order chi connectivity index (χ0) is 15.1. The summed E-state index contributed by atoms with van der Waals surface area (Å²) >= 11 is 0. The van der Waals surface area contributed by atoms with Crippen molar-refractivity contribution < 1.29 is 0 Å². The number of hydrogen-bond acceptors (Lipinski definition) is 3. The van der Waals surface area contributed by atoms with E-state index in [-0.39, 0.29) is 6.04 Å². The lowest BCUT2D eigenvalue weighted by Crippen LogP contribution is -2.10. The minimum Gasteiger partial charge on any atom is -0.378 e. The average Bonchev–Trinajstić information content (AvgIpc) is 2.55. The molecule has 0 heterocycles. The molecule has 0 aromatic heterocycles. The monoisotopic (exact) mass is 275 g/mol. The Bertz CT molecular complexity index is 678. The Morgan fingerprint density at radius 2 is 1.71 bits per heavy atom. The van der Waals surface area contributed by atoms with Crippen molar-refractivity contribution in [2.75, 3.05) is 5.32 Å². The second-order valence-electron chi connectivity index (χ2n) is 4.88. The van der Waals surface area contributed by atoms with Crippen LogP contribution in [0.2, 0.25) is 0 Å². The average molecular weight is 275 g/mol. The first-order valence-corrected chi connectivity index (χ1v) is 7.04. The Hall–Kier alpha value is -2.78. The first kappa shape index (κ1) is 14.6. The molecule has 2 rings (SSSR count). The van der Waals surface area contributed by atoms with E-state index in [1.54, 1.807) is 12.1 Å². The van der Waals surface area contributed by atoms with E-state index in [0.29, 0.717) is 11.1 Å². The van der Waals surface area contributed by atoms with Gasteiger partial charge in [-0.25, -0.2) is 0 Å². The maximum atomic E-state index is 9.10. The molecule has 0 saturated heterocycles. The molecule has 1 unspecified atom stereocenters. The zero-order valence-corrected chi connectivity index (χ0v) is 12.0. The van der Waals surface area contributed by atoms with Crippen LogP contribution in [0.4, 0.5) is 5.69 Å². The number of rotatable bonds is 5. The maximum absolute atomic E-state index is 9.10. The normalized spacial score (nSPS) is 11.2. The molecule has 0 spiro atoms. The molecule has 3 heteroatoms. The molecule has 21 heavy (non-hydrogen) atoms. The molecular weight excluding hydrogens is 258 g/mol. The fraction of sp³-hybridized carbons (Fsp3) is 0.222. The molecule has 0 aliphatic carbocycles. The summed E-state index contributed by atoms with van der Waals surface area (Å²) in [6.07, 6.45) is 2.07. The summed E-state index contributed by atoms with van der Waals surface area (Å²) in [6.45, 7) is 2.15. The van der Waals surface area contributed by atoms with Crippen molar-refractivity contribution in [2.24, 2.45) is 0 Å². The Morgan fingerprint density at radius 3 is 2.33 bits per heavy atom. The van der Waals surface area contributed by atoms with Gasteiger partial charge in [-0.05, 0) is 30.2 Å². The molecule has 0 amide bonds. The largest absolute Gasteiger partial charge is 0.378 e. The van der Waals surface area contributed by atoms with Gasteiger partial charge in [0.25, 0.3) is 0 Å². The van der Waals surface area contributed by atoms with Crippen molar-refractivity contribution in [3.05, 3.63) is 65.2 Å². The molecule has 0 radical (unpaired) electrons. The van der Waals surface area contributed by atoms with Crippen LogP contribution in [0.3, 0.4) is 0 Å². The number of nitrogens with zero attached hydrogens (tertiary/aromatic N) is 2. The van der Waals surface area contributed by atoms with Gasteiger partial charge < -0.3 is 5.32 Å². The number of nitriles is 2. The second kappa shape index (κ2) is 7.12. The van der Waals surface area contributed by atoms with Gasteiger partial charge in [0.1, 0.15) is 12.1 Å². The van der Waals surface area contributed by atoms with Crippen LogP contribution in [0.5, 0.6) is 0 Å². The van der Waals surface area contributed by atoms with Crippen molar-refractivity contribution in [3.8, 4) is 12.1 Å². The van der Waals surface area contributed by atoms with Crippen molar-refractivity contribution in [1.29, 1.82) is 10.5 Å². The smallest absolute Gasteiger partial charge is 0.101 e. The Labute approximate surface area is 125 Å². The summed E-state index contributed by atoms with van der Waals surface area (Å²) in [7, 11) is 0. The molecule has 3 nitrogen and oxygen atoms in total. The van der Waals surface area contributed by atoms with Gasteiger partial charge in [-0.1, -0.05) is 43.7 Å². The molecule has 0 aliphatic rings. The SMILES string of the molecule is CCCC(Nc1ccc(C#N)c(C#N)c1)c1ccccc1. The van der Waals surface area contributed by atoms with E-state index in [1.807, 2.05) is 30.3 Å². The summed E-state index contributed by atoms with van der Waals surface area (Å²) in [5.74, 6) is 0. The molecule has 0 aliphatic heterocycles. The molecule has 0 fully saturated rings. The summed E-state index contributed by atoms with van der Waals surface area (Å²) in [5.41, 5.74) is 2.91. The highest BCUT2D eigenvalue weighted by molar-refractivity contribution is 5.57. The third kappa shape index (κ3) is 3.61. The van der Waals surface area contributed by atoms with E-state index in [1.165, 1.54) is 5.56 Å². The van der Waals surface area contributed by atoms with Crippen LogP contribution in [0.1, 0.15) is 42.5 Å². The van der Waals surface area contributed by atoms with Gasteiger partial charge in [-0.15, -0.1) is 0 Å². The van der Waals surface area contributed by atoms with Gasteiger partial charge in [-0.2, -0.15) is 10.5 Å². The lowest BCUT2D eigenvalue weighted by atomic mass is 10.0. The molecule has 104 valence electrons. The lowest BCUT2D eigenvalue weighted by molar-refractivity contribution is 0.677. The standard InChI is InChI=1S/C18H17N3/c1-2-6-18(14-7-4-3-5-8-14)21-17-10-9-15(12-19)16(11-17)13-20/h3-5,7-11,18,21H,2,6H2,1H3. The first-order chi connectivity index (χ1) is 10.3. The van der Waals surface area contributed by atoms with Gasteiger partial charge in [0.2, 0.25) is 0 Å². The number of benzene rings is 2. The number of nitrogens with one attached hydrogen (secondary N) is 1. The van der Waals surface area contributed by atoms with E-state index < -0.39 is 0 Å². The highest BCUT2D eigenvalue weighted by atomic mass is 14.9. The highest BCUT2D eigenvalue weighted by Crippen LogP contribution is 2.25. The third-order valence-electron chi connectivity index (χ3n) is 3.38. The van der Waals surface area contributed by atoms with Gasteiger partial charge in [0, 0.05) is 5.69 Å². The predicted octanol–water partition coefficient (Wildman–Crippen LogP) is 4.38. The lowest BCUT2D eigenvalue weighted by Gasteiger charge is -2.20. The highest BCUT2D eigenvalue weighted by Gasteiger charge is 2.11. The number of anilines is 1. The Balaban J connectivity index is 2.26. The molecule has 1 atom stereocenters. The minimum absolute atomic E-state index is 0.204. The van der Waals surface area contributed by atoms with Gasteiger partial charge in [-0.3, -0.25) is 0 Å². The van der Waals surface area contributed by atoms with Crippen molar-refractivity contribution in [2.45, 2.75) is 25.8 Å². The molecule has 0 saturated carbocycles. The summed E-state index contributed by atoms with van der Waals surface area (Å²) in [5, 5.41) is 21.5. The summed E-state index contributed by atoms with van der Waals surface area (Å²) in [4.78, 5) is 0. The fourth-order valence-corrected chi connectivity index (χ4v) is 2.32. The van der Waals surface area contributed by atoms with Crippen molar-refractivity contribution >= 4 is 5.69 Å². The first-order valence-electron chi connectivity index (χ1n) is 7.04. The third-order valence-corrected chi connectivity index (χ3v) is 3.38. The van der Waals surface area contributed by atoms with Crippen molar-refractivity contribution in [3.63, 3.8) is 0 Å². The Morgan fingerprint density at radius 1 is 1.00 bits per heavy atom. The predicted molar refractivity (Wildman–Crippen MR) is 83.6 cm³/mol. The van der Waals surface area contributed by atoms with Crippen LogP contribution in [0, 0.1) is 22.7 Å². The van der Waals surface area contributed by atoms with Gasteiger partial charge in [0.15, 0.2) is 0 Å². The quantitative estimate of drug-likeness (QED) is 0.880. The fourth-order valence-electron chi connectivity index (χ4n) is 2.32.